The zero-order valence-electron chi connectivity index (χ0n) is 11.8. The fourth-order valence-electron chi connectivity index (χ4n) is 2.46. The Morgan fingerprint density at radius 3 is 2.81 bits per heavy atom. The molecule has 1 atom stereocenters. The molecule has 0 aromatic carbocycles. The fourth-order valence-corrected chi connectivity index (χ4v) is 4.58. The molecule has 7 heteroatoms. The number of carbonyl (C=O) groups excluding carboxylic acids is 1. The van der Waals surface area contributed by atoms with Gasteiger partial charge in [-0.15, -0.1) is 23.1 Å². The highest BCUT2D eigenvalue weighted by Gasteiger charge is 2.44. The van der Waals surface area contributed by atoms with E-state index in [2.05, 4.69) is 0 Å². The van der Waals surface area contributed by atoms with Crippen LogP contribution in [-0.2, 0) is 15.3 Å². The van der Waals surface area contributed by atoms with E-state index in [0.717, 1.165) is 15.0 Å². The number of carbonyl (C=O) groups is 2. The van der Waals surface area contributed by atoms with Gasteiger partial charge in [-0.2, -0.15) is 0 Å². The minimum atomic E-state index is -0.791. The number of nitrogens with zero attached hydrogens (tertiary/aromatic N) is 1. The first-order valence-corrected chi connectivity index (χ1v) is 9.15. The van der Waals surface area contributed by atoms with Crippen molar-refractivity contribution in [3.63, 3.8) is 0 Å². The van der Waals surface area contributed by atoms with Crippen molar-refractivity contribution in [3.8, 4) is 0 Å². The third kappa shape index (κ3) is 3.93. The normalized spacial score (nSPS) is 21.7. The molecule has 0 spiro atoms. The smallest absolute Gasteiger partial charge is 0.311 e. The molecule has 1 N–H and O–H groups in total. The van der Waals surface area contributed by atoms with Gasteiger partial charge in [0, 0.05) is 23.7 Å². The van der Waals surface area contributed by atoms with Gasteiger partial charge in [0.15, 0.2) is 0 Å². The SMILES string of the molecule is CCC1(C(=O)O)CCN(C(=O)CSCc2ccc(Cl)s2)C1. The summed E-state index contributed by atoms with van der Waals surface area (Å²) < 4.78 is 0.755. The molecule has 1 aliphatic heterocycles. The summed E-state index contributed by atoms with van der Waals surface area (Å²) in [6.07, 6.45) is 1.11. The summed E-state index contributed by atoms with van der Waals surface area (Å²) >= 11 is 8.93. The number of aliphatic carboxylic acids is 1. The maximum atomic E-state index is 12.2. The predicted octanol–water partition coefficient (Wildman–Crippen LogP) is 3.35. The second-order valence-electron chi connectivity index (χ2n) is 5.20. The van der Waals surface area contributed by atoms with Crippen molar-refractivity contribution in [2.75, 3.05) is 18.8 Å². The van der Waals surface area contributed by atoms with Crippen LogP contribution < -0.4 is 0 Å². The minimum absolute atomic E-state index is 0.0271. The first-order valence-electron chi connectivity index (χ1n) is 6.80. The highest BCUT2D eigenvalue weighted by Crippen LogP contribution is 2.34. The predicted molar refractivity (Wildman–Crippen MR) is 87.0 cm³/mol. The van der Waals surface area contributed by atoms with Gasteiger partial charge in [0.05, 0.1) is 15.5 Å². The second kappa shape index (κ2) is 7.03. The van der Waals surface area contributed by atoms with Gasteiger partial charge < -0.3 is 10.0 Å². The van der Waals surface area contributed by atoms with Gasteiger partial charge in [-0.3, -0.25) is 9.59 Å². The van der Waals surface area contributed by atoms with Crippen LogP contribution in [0.15, 0.2) is 12.1 Å². The molecule has 1 aromatic heterocycles. The molecule has 1 aliphatic rings. The second-order valence-corrected chi connectivity index (χ2v) is 7.99. The Morgan fingerprint density at radius 1 is 1.52 bits per heavy atom. The van der Waals surface area contributed by atoms with Crippen molar-refractivity contribution in [3.05, 3.63) is 21.3 Å². The molecule has 116 valence electrons. The van der Waals surface area contributed by atoms with E-state index < -0.39 is 11.4 Å². The van der Waals surface area contributed by atoms with E-state index in [-0.39, 0.29) is 5.91 Å². The van der Waals surface area contributed by atoms with Gasteiger partial charge in [-0.25, -0.2) is 0 Å². The molecule has 21 heavy (non-hydrogen) atoms. The molecule has 1 aromatic rings. The summed E-state index contributed by atoms with van der Waals surface area (Å²) in [7, 11) is 0. The van der Waals surface area contributed by atoms with Crippen molar-refractivity contribution in [1.82, 2.24) is 4.90 Å². The Morgan fingerprint density at radius 2 is 2.29 bits per heavy atom. The summed E-state index contributed by atoms with van der Waals surface area (Å²) in [6.45, 7) is 2.75. The molecule has 0 aliphatic carbocycles. The molecular weight excluding hydrogens is 330 g/mol. The monoisotopic (exact) mass is 347 g/mol. The van der Waals surface area contributed by atoms with E-state index >= 15 is 0 Å². The molecule has 2 heterocycles. The summed E-state index contributed by atoms with van der Waals surface area (Å²) in [5, 5.41) is 9.34. The van der Waals surface area contributed by atoms with Crippen LogP contribution in [0.1, 0.15) is 24.6 Å². The Bertz CT molecular complexity index is 534. The molecule has 1 unspecified atom stereocenters. The zero-order valence-corrected chi connectivity index (χ0v) is 14.2. The highest BCUT2D eigenvalue weighted by molar-refractivity contribution is 7.99. The quantitative estimate of drug-likeness (QED) is 0.857. The standard InChI is InChI=1S/C14H18ClNO3S2/c1-2-14(13(18)19)5-6-16(9-14)12(17)8-20-7-10-3-4-11(15)21-10/h3-4H,2,5-9H2,1H3,(H,18,19). The van der Waals surface area contributed by atoms with Crippen molar-refractivity contribution in [2.45, 2.75) is 25.5 Å². The maximum absolute atomic E-state index is 12.2. The summed E-state index contributed by atoms with van der Waals surface area (Å²) in [6, 6.07) is 3.82. The largest absolute Gasteiger partial charge is 0.481 e. The van der Waals surface area contributed by atoms with E-state index in [9.17, 15) is 14.7 Å². The summed E-state index contributed by atoms with van der Waals surface area (Å²) in [5.41, 5.74) is -0.748. The lowest BCUT2D eigenvalue weighted by molar-refractivity contribution is -0.148. The molecule has 2 rings (SSSR count). The van der Waals surface area contributed by atoms with Gasteiger partial charge in [0.2, 0.25) is 5.91 Å². The maximum Gasteiger partial charge on any atom is 0.311 e. The Kier molecular flexibility index (Phi) is 5.57. The van der Waals surface area contributed by atoms with Crippen molar-refractivity contribution in [2.24, 2.45) is 5.41 Å². The molecule has 1 amide bonds. The minimum Gasteiger partial charge on any atom is -0.481 e. The van der Waals surface area contributed by atoms with Crippen LogP contribution in [-0.4, -0.2) is 40.7 Å². The number of carboxylic acids is 1. The first kappa shape index (κ1) is 16.6. The highest BCUT2D eigenvalue weighted by atomic mass is 35.5. The van der Waals surface area contributed by atoms with Crippen molar-refractivity contribution >= 4 is 46.6 Å². The van der Waals surface area contributed by atoms with Crippen LogP contribution in [0.25, 0.3) is 0 Å². The van der Waals surface area contributed by atoms with E-state index in [1.54, 1.807) is 16.7 Å². The summed E-state index contributed by atoms with van der Waals surface area (Å²) in [5.74, 6) is 0.379. The lowest BCUT2D eigenvalue weighted by atomic mass is 9.84. The molecule has 1 fully saturated rings. The number of amides is 1. The number of carboxylic acid groups (broad SMARTS) is 1. The molecular formula is C14H18ClNO3S2. The molecule has 0 bridgehead atoms. The topological polar surface area (TPSA) is 57.6 Å². The van der Waals surface area contributed by atoms with Crippen LogP contribution in [0.4, 0.5) is 0 Å². The van der Waals surface area contributed by atoms with Gasteiger partial charge in [-0.05, 0) is 25.0 Å². The van der Waals surface area contributed by atoms with E-state index in [0.29, 0.717) is 31.7 Å². The van der Waals surface area contributed by atoms with Gasteiger partial charge in [0.25, 0.3) is 0 Å². The average Bonchev–Trinajstić information content (AvgIpc) is 3.06. The fraction of sp³-hybridized carbons (Fsp3) is 0.571. The van der Waals surface area contributed by atoms with Crippen molar-refractivity contribution in [1.29, 1.82) is 0 Å². The van der Waals surface area contributed by atoms with Crippen LogP contribution in [0.5, 0.6) is 0 Å². The third-order valence-corrected chi connectivity index (χ3v) is 6.32. The Balaban J connectivity index is 1.80. The number of thioether (sulfide) groups is 1. The third-order valence-electron chi connectivity index (χ3n) is 3.94. The lowest BCUT2D eigenvalue weighted by Gasteiger charge is -2.23. The summed E-state index contributed by atoms with van der Waals surface area (Å²) in [4.78, 5) is 26.4. The van der Waals surface area contributed by atoms with Gasteiger partial charge in [0.1, 0.15) is 0 Å². The number of halogens is 1. The van der Waals surface area contributed by atoms with Gasteiger partial charge in [-0.1, -0.05) is 18.5 Å². The van der Waals surface area contributed by atoms with Crippen LogP contribution >= 0.6 is 34.7 Å². The molecule has 4 nitrogen and oxygen atoms in total. The Labute approximate surface area is 137 Å². The van der Waals surface area contributed by atoms with Gasteiger partial charge >= 0.3 is 5.97 Å². The van der Waals surface area contributed by atoms with Crippen LogP contribution in [0.3, 0.4) is 0 Å². The van der Waals surface area contributed by atoms with Crippen LogP contribution in [0, 0.1) is 5.41 Å². The van der Waals surface area contributed by atoms with E-state index in [4.69, 9.17) is 11.6 Å². The average molecular weight is 348 g/mol. The number of thiophene rings is 1. The lowest BCUT2D eigenvalue weighted by Crippen LogP contribution is -2.37. The number of hydrogen-bond donors (Lipinski definition) is 1. The van der Waals surface area contributed by atoms with Crippen molar-refractivity contribution < 1.29 is 14.7 Å². The number of hydrogen-bond acceptors (Lipinski definition) is 4. The Hall–Kier alpha value is -0.720. The first-order chi connectivity index (χ1) is 9.97. The molecule has 1 saturated heterocycles. The molecule has 0 saturated carbocycles. The molecule has 0 radical (unpaired) electrons. The zero-order chi connectivity index (χ0) is 15.5. The van der Waals surface area contributed by atoms with Crippen LogP contribution in [0.2, 0.25) is 4.34 Å². The van der Waals surface area contributed by atoms with E-state index in [1.807, 2.05) is 19.1 Å². The van der Waals surface area contributed by atoms with E-state index in [1.165, 1.54) is 11.3 Å². The number of rotatable bonds is 6. The number of likely N-dealkylation sites (tertiary alicyclic amines) is 1.